The highest BCUT2D eigenvalue weighted by Gasteiger charge is 2.29. The van der Waals surface area contributed by atoms with Gasteiger partial charge < -0.3 is 4.42 Å². The van der Waals surface area contributed by atoms with E-state index in [0.29, 0.717) is 0 Å². The molecule has 0 saturated heterocycles. The van der Waals surface area contributed by atoms with Gasteiger partial charge in [0.05, 0.1) is 16.3 Å². The predicted molar refractivity (Wildman–Crippen MR) is 91.7 cm³/mol. The first-order chi connectivity index (χ1) is 10.6. The third kappa shape index (κ3) is 2.04. The quantitative estimate of drug-likeness (QED) is 0.420. The van der Waals surface area contributed by atoms with Crippen LogP contribution in [-0.4, -0.2) is 0 Å². The lowest BCUT2D eigenvalue weighted by Gasteiger charge is -2.30. The molecule has 3 heteroatoms. The number of fused-ring (bicyclic) bond motifs is 2. The fourth-order valence-electron chi connectivity index (χ4n) is 2.88. The van der Waals surface area contributed by atoms with E-state index >= 15 is 0 Å². The van der Waals surface area contributed by atoms with Gasteiger partial charge in [-0.15, -0.1) is 0 Å². The number of nitrogens with zero attached hydrogens (tertiary/aromatic N) is 1. The van der Waals surface area contributed by atoms with Crippen molar-refractivity contribution in [2.45, 2.75) is 30.6 Å². The van der Waals surface area contributed by atoms with Crippen LogP contribution in [0.1, 0.15) is 16.9 Å². The average molecular weight is 307 g/mol. The molecule has 0 fully saturated rings. The first-order valence-corrected chi connectivity index (χ1v) is 8.20. The molecule has 0 bridgehead atoms. The number of hydrogen-bond donors (Lipinski definition) is 0. The minimum atomic E-state index is 0.924. The summed E-state index contributed by atoms with van der Waals surface area (Å²) in [5.74, 6) is 1.87. The molecule has 0 atom stereocenters. The van der Waals surface area contributed by atoms with E-state index in [2.05, 4.69) is 67.3 Å². The molecule has 4 rings (SSSR count). The van der Waals surface area contributed by atoms with Crippen molar-refractivity contribution in [2.24, 2.45) is 0 Å². The number of hydrogen-bond acceptors (Lipinski definition) is 3. The Hall–Kier alpha value is -2.13. The van der Waals surface area contributed by atoms with Crippen LogP contribution in [0.5, 0.6) is 0 Å². The van der Waals surface area contributed by atoms with Crippen molar-refractivity contribution in [1.29, 1.82) is 0 Å². The molecule has 0 spiro atoms. The SMILES string of the molecule is Cc1ccc2c(c1)Sc1cc(C)oc1N2c1ccccc1C. The number of anilines is 3. The molecule has 0 aliphatic carbocycles. The maximum Gasteiger partial charge on any atom is 0.218 e. The van der Waals surface area contributed by atoms with Gasteiger partial charge in [-0.05, 0) is 56.2 Å². The van der Waals surface area contributed by atoms with Crippen molar-refractivity contribution in [2.75, 3.05) is 4.90 Å². The lowest BCUT2D eigenvalue weighted by atomic mass is 10.1. The van der Waals surface area contributed by atoms with E-state index in [1.54, 1.807) is 11.8 Å². The molecule has 1 aliphatic rings. The van der Waals surface area contributed by atoms with Crippen LogP contribution >= 0.6 is 11.8 Å². The van der Waals surface area contributed by atoms with Crippen molar-refractivity contribution in [3.63, 3.8) is 0 Å². The molecule has 110 valence electrons. The van der Waals surface area contributed by atoms with Gasteiger partial charge in [-0.2, -0.15) is 0 Å². The largest absolute Gasteiger partial charge is 0.444 e. The molecule has 0 amide bonds. The summed E-state index contributed by atoms with van der Waals surface area (Å²) in [6, 6.07) is 17.1. The monoisotopic (exact) mass is 307 g/mol. The van der Waals surface area contributed by atoms with Crippen molar-refractivity contribution in [1.82, 2.24) is 0 Å². The van der Waals surface area contributed by atoms with Crippen LogP contribution in [0.3, 0.4) is 0 Å². The molecule has 0 N–H and O–H groups in total. The molecule has 0 unspecified atom stereocenters. The third-order valence-electron chi connectivity index (χ3n) is 3.94. The van der Waals surface area contributed by atoms with E-state index < -0.39 is 0 Å². The van der Waals surface area contributed by atoms with E-state index in [4.69, 9.17) is 4.42 Å². The fourth-order valence-corrected chi connectivity index (χ4v) is 4.07. The zero-order valence-electron chi connectivity index (χ0n) is 12.9. The standard InChI is InChI=1S/C19H17NOS/c1-12-8-9-16-17(10-12)22-18-11-14(3)21-19(18)20(16)15-7-5-4-6-13(15)2/h4-11H,1-3H3. The zero-order chi connectivity index (χ0) is 15.3. The first kappa shape index (κ1) is 13.5. The second-order valence-corrected chi connectivity index (χ2v) is 6.81. The normalized spacial score (nSPS) is 13.0. The molecule has 2 aromatic carbocycles. The Balaban J connectivity index is 1.99. The second kappa shape index (κ2) is 4.96. The summed E-state index contributed by atoms with van der Waals surface area (Å²) in [5, 5.41) is 0. The summed E-state index contributed by atoms with van der Waals surface area (Å²) in [6.07, 6.45) is 0. The molecule has 1 aliphatic heterocycles. The van der Waals surface area contributed by atoms with Gasteiger partial charge in [0.1, 0.15) is 5.76 Å². The molecule has 22 heavy (non-hydrogen) atoms. The van der Waals surface area contributed by atoms with E-state index in [9.17, 15) is 0 Å². The Labute approximate surface area is 134 Å². The van der Waals surface area contributed by atoms with Crippen LogP contribution in [-0.2, 0) is 0 Å². The molecule has 2 nitrogen and oxygen atoms in total. The smallest absolute Gasteiger partial charge is 0.218 e. The van der Waals surface area contributed by atoms with E-state index in [-0.39, 0.29) is 0 Å². The summed E-state index contributed by atoms with van der Waals surface area (Å²) in [7, 11) is 0. The van der Waals surface area contributed by atoms with Crippen LogP contribution < -0.4 is 4.90 Å². The van der Waals surface area contributed by atoms with E-state index in [0.717, 1.165) is 11.6 Å². The van der Waals surface area contributed by atoms with Gasteiger partial charge in [0.2, 0.25) is 5.88 Å². The number of furan rings is 1. The Morgan fingerprint density at radius 2 is 1.68 bits per heavy atom. The van der Waals surface area contributed by atoms with Crippen LogP contribution in [0.2, 0.25) is 0 Å². The lowest BCUT2D eigenvalue weighted by Crippen LogP contribution is -2.14. The lowest BCUT2D eigenvalue weighted by molar-refractivity contribution is 0.536. The summed E-state index contributed by atoms with van der Waals surface area (Å²) in [4.78, 5) is 4.69. The summed E-state index contributed by atoms with van der Waals surface area (Å²) in [5.41, 5.74) is 4.87. The van der Waals surface area contributed by atoms with Gasteiger partial charge in [-0.25, -0.2) is 0 Å². The highest BCUT2D eigenvalue weighted by atomic mass is 32.2. The Morgan fingerprint density at radius 3 is 2.50 bits per heavy atom. The number of benzene rings is 2. The minimum Gasteiger partial charge on any atom is -0.444 e. The van der Waals surface area contributed by atoms with Crippen LogP contribution in [0, 0.1) is 20.8 Å². The topological polar surface area (TPSA) is 16.4 Å². The highest BCUT2D eigenvalue weighted by Crippen LogP contribution is 2.53. The minimum absolute atomic E-state index is 0.924. The highest BCUT2D eigenvalue weighted by molar-refractivity contribution is 7.99. The summed E-state index contributed by atoms with van der Waals surface area (Å²) >= 11 is 1.79. The number of aryl methyl sites for hydroxylation is 3. The van der Waals surface area contributed by atoms with Gasteiger partial charge in [0, 0.05) is 4.90 Å². The first-order valence-electron chi connectivity index (χ1n) is 7.38. The molecular formula is C19H17NOS. The summed E-state index contributed by atoms with van der Waals surface area (Å²) < 4.78 is 6.02. The van der Waals surface area contributed by atoms with Crippen molar-refractivity contribution >= 4 is 29.0 Å². The predicted octanol–water partition coefficient (Wildman–Crippen LogP) is 6.14. The maximum absolute atomic E-state index is 6.02. The Kier molecular flexibility index (Phi) is 3.05. The molecule has 0 saturated carbocycles. The van der Waals surface area contributed by atoms with Gasteiger partial charge in [-0.3, -0.25) is 4.90 Å². The maximum atomic E-state index is 6.02. The van der Waals surface area contributed by atoms with Crippen molar-refractivity contribution in [3.8, 4) is 0 Å². The van der Waals surface area contributed by atoms with Crippen molar-refractivity contribution in [3.05, 3.63) is 65.4 Å². The van der Waals surface area contributed by atoms with E-state index in [1.807, 2.05) is 6.92 Å². The van der Waals surface area contributed by atoms with Crippen LogP contribution in [0.4, 0.5) is 17.3 Å². The third-order valence-corrected chi connectivity index (χ3v) is 5.00. The second-order valence-electron chi connectivity index (χ2n) is 5.72. The Bertz CT molecular complexity index is 866. The fraction of sp³-hybridized carbons (Fsp3) is 0.158. The van der Waals surface area contributed by atoms with Gasteiger partial charge >= 0.3 is 0 Å². The molecule has 2 heterocycles. The van der Waals surface area contributed by atoms with Gasteiger partial charge in [0.25, 0.3) is 0 Å². The number of para-hydroxylation sites is 1. The average Bonchev–Trinajstić information content (AvgIpc) is 2.85. The number of rotatable bonds is 1. The Morgan fingerprint density at radius 1 is 0.864 bits per heavy atom. The zero-order valence-corrected chi connectivity index (χ0v) is 13.7. The van der Waals surface area contributed by atoms with Gasteiger partial charge in [0.15, 0.2) is 0 Å². The molecule has 1 aromatic heterocycles. The molecular weight excluding hydrogens is 290 g/mol. The van der Waals surface area contributed by atoms with Gasteiger partial charge in [-0.1, -0.05) is 36.0 Å². The van der Waals surface area contributed by atoms with Crippen LogP contribution in [0.25, 0.3) is 0 Å². The molecule has 0 radical (unpaired) electrons. The summed E-state index contributed by atoms with van der Waals surface area (Å²) in [6.45, 7) is 6.28. The van der Waals surface area contributed by atoms with E-state index in [1.165, 1.54) is 32.3 Å². The van der Waals surface area contributed by atoms with Crippen molar-refractivity contribution < 1.29 is 4.42 Å². The molecule has 3 aromatic rings. The van der Waals surface area contributed by atoms with Crippen LogP contribution in [0.15, 0.2) is 62.7 Å².